The second kappa shape index (κ2) is 3.72. The van der Waals surface area contributed by atoms with E-state index in [-0.39, 0.29) is 0 Å². The van der Waals surface area contributed by atoms with Gasteiger partial charge in [0.2, 0.25) is 0 Å². The predicted octanol–water partition coefficient (Wildman–Crippen LogP) is 0.469. The van der Waals surface area contributed by atoms with Crippen molar-refractivity contribution in [1.82, 2.24) is 24.8 Å². The van der Waals surface area contributed by atoms with Gasteiger partial charge in [0.05, 0.1) is 29.8 Å². The Hall–Kier alpha value is -1.85. The summed E-state index contributed by atoms with van der Waals surface area (Å²) < 4.78 is 3.54. The lowest BCUT2D eigenvalue weighted by atomic mass is 10.4. The van der Waals surface area contributed by atoms with Crippen molar-refractivity contribution in [2.45, 2.75) is 13.5 Å². The van der Waals surface area contributed by atoms with E-state index in [0.717, 1.165) is 17.1 Å². The molecule has 15 heavy (non-hydrogen) atoms. The summed E-state index contributed by atoms with van der Waals surface area (Å²) in [6.07, 6.45) is 3.71. The highest BCUT2D eigenvalue weighted by molar-refractivity contribution is 5.45. The third-order valence-corrected chi connectivity index (χ3v) is 2.28. The molecule has 2 aromatic rings. The molecule has 0 saturated carbocycles. The van der Waals surface area contributed by atoms with Gasteiger partial charge in [-0.2, -0.15) is 5.10 Å². The molecule has 0 fully saturated rings. The van der Waals surface area contributed by atoms with Gasteiger partial charge in [0.15, 0.2) is 0 Å². The number of nitrogens with one attached hydrogen (secondary N) is 1. The molecule has 0 aliphatic rings. The van der Waals surface area contributed by atoms with Crippen LogP contribution in [0.1, 0.15) is 11.4 Å². The molecule has 0 radical (unpaired) electrons. The molecule has 2 rings (SSSR count). The minimum absolute atomic E-state index is 0.704. The molecule has 2 heterocycles. The monoisotopic (exact) mass is 206 g/mol. The molecular formula is C9H14N6. The van der Waals surface area contributed by atoms with Crippen LogP contribution in [0, 0.1) is 6.92 Å². The van der Waals surface area contributed by atoms with Gasteiger partial charge in [0, 0.05) is 20.3 Å². The fourth-order valence-electron chi connectivity index (χ4n) is 1.43. The van der Waals surface area contributed by atoms with Crippen molar-refractivity contribution < 1.29 is 0 Å². The van der Waals surface area contributed by atoms with E-state index in [4.69, 9.17) is 0 Å². The molecule has 1 N–H and O–H groups in total. The van der Waals surface area contributed by atoms with Crippen LogP contribution in [0.15, 0.2) is 12.4 Å². The van der Waals surface area contributed by atoms with E-state index in [2.05, 4.69) is 20.7 Å². The zero-order valence-corrected chi connectivity index (χ0v) is 9.10. The first kappa shape index (κ1) is 9.70. The highest BCUT2D eigenvalue weighted by Crippen LogP contribution is 2.12. The third-order valence-electron chi connectivity index (χ3n) is 2.28. The molecule has 0 atom stereocenters. The number of hydrogen-bond acceptors (Lipinski definition) is 4. The zero-order chi connectivity index (χ0) is 10.8. The quantitative estimate of drug-likeness (QED) is 0.793. The molecule has 80 valence electrons. The molecule has 0 aromatic carbocycles. The fraction of sp³-hybridized carbons (Fsp3) is 0.444. The van der Waals surface area contributed by atoms with E-state index >= 15 is 0 Å². The summed E-state index contributed by atoms with van der Waals surface area (Å²) in [4.78, 5) is 0. The Labute approximate surface area is 87.9 Å². The van der Waals surface area contributed by atoms with Crippen LogP contribution in [0.3, 0.4) is 0 Å². The molecule has 0 unspecified atom stereocenters. The number of aryl methyl sites for hydroxylation is 3. The van der Waals surface area contributed by atoms with Gasteiger partial charge in [-0.3, -0.25) is 9.36 Å². The Kier molecular flexibility index (Phi) is 2.40. The van der Waals surface area contributed by atoms with Gasteiger partial charge >= 0.3 is 0 Å². The Morgan fingerprint density at radius 3 is 2.73 bits per heavy atom. The molecule has 0 spiro atoms. The molecule has 6 heteroatoms. The average Bonchev–Trinajstić information content (AvgIpc) is 2.70. The van der Waals surface area contributed by atoms with Crippen LogP contribution < -0.4 is 5.32 Å². The number of rotatable bonds is 3. The zero-order valence-electron chi connectivity index (χ0n) is 9.10. The van der Waals surface area contributed by atoms with Crippen molar-refractivity contribution in [3.63, 3.8) is 0 Å². The summed E-state index contributed by atoms with van der Waals surface area (Å²) in [5, 5.41) is 15.2. The van der Waals surface area contributed by atoms with Crippen LogP contribution >= 0.6 is 0 Å². The summed E-state index contributed by atoms with van der Waals surface area (Å²) in [6.45, 7) is 2.68. The highest BCUT2D eigenvalue weighted by atomic mass is 15.4. The van der Waals surface area contributed by atoms with Crippen molar-refractivity contribution in [3.8, 4) is 0 Å². The standard InChI is InChI=1S/C9H14N6/c1-7-9(6-14(2)12-7)10-4-8-5-11-13-15(8)3/h5-6,10H,4H2,1-3H3. The molecule has 0 bridgehead atoms. The number of anilines is 1. The summed E-state index contributed by atoms with van der Waals surface area (Å²) in [5.41, 5.74) is 3.07. The largest absolute Gasteiger partial charge is 0.377 e. The number of nitrogens with zero attached hydrogens (tertiary/aromatic N) is 5. The molecule has 0 aliphatic heterocycles. The first-order valence-corrected chi connectivity index (χ1v) is 4.74. The summed E-state index contributed by atoms with van der Waals surface area (Å²) in [7, 11) is 3.78. The smallest absolute Gasteiger partial charge is 0.0825 e. The lowest BCUT2D eigenvalue weighted by Gasteiger charge is -2.03. The van der Waals surface area contributed by atoms with Crippen molar-refractivity contribution in [1.29, 1.82) is 0 Å². The van der Waals surface area contributed by atoms with Gasteiger partial charge in [-0.25, -0.2) is 0 Å². The maximum Gasteiger partial charge on any atom is 0.0825 e. The molecule has 2 aromatic heterocycles. The molecule has 0 saturated heterocycles. The van der Waals surface area contributed by atoms with E-state index < -0.39 is 0 Å². The fourth-order valence-corrected chi connectivity index (χ4v) is 1.43. The molecule has 6 nitrogen and oxygen atoms in total. The highest BCUT2D eigenvalue weighted by Gasteiger charge is 2.04. The Balaban J connectivity index is 2.05. The van der Waals surface area contributed by atoms with Crippen molar-refractivity contribution >= 4 is 5.69 Å². The van der Waals surface area contributed by atoms with E-state index in [9.17, 15) is 0 Å². The van der Waals surface area contributed by atoms with Crippen molar-refractivity contribution in [2.24, 2.45) is 14.1 Å². The van der Waals surface area contributed by atoms with Crippen LogP contribution in [0.5, 0.6) is 0 Å². The van der Waals surface area contributed by atoms with Gasteiger partial charge < -0.3 is 5.32 Å². The van der Waals surface area contributed by atoms with Crippen LogP contribution in [0.2, 0.25) is 0 Å². The van der Waals surface area contributed by atoms with Gasteiger partial charge in [0.25, 0.3) is 0 Å². The van der Waals surface area contributed by atoms with Crippen molar-refractivity contribution in [2.75, 3.05) is 5.32 Å². The predicted molar refractivity (Wildman–Crippen MR) is 56.3 cm³/mol. The number of hydrogen-bond donors (Lipinski definition) is 1. The van der Waals surface area contributed by atoms with Crippen LogP contribution in [0.25, 0.3) is 0 Å². The van der Waals surface area contributed by atoms with Gasteiger partial charge in [-0.05, 0) is 6.92 Å². The lowest BCUT2D eigenvalue weighted by molar-refractivity contribution is 0.683. The summed E-state index contributed by atoms with van der Waals surface area (Å²) >= 11 is 0. The average molecular weight is 206 g/mol. The van der Waals surface area contributed by atoms with Crippen LogP contribution in [-0.2, 0) is 20.6 Å². The molecular weight excluding hydrogens is 192 g/mol. The van der Waals surface area contributed by atoms with E-state index in [0.29, 0.717) is 6.54 Å². The molecule has 0 amide bonds. The van der Waals surface area contributed by atoms with E-state index in [1.165, 1.54) is 0 Å². The summed E-state index contributed by atoms with van der Waals surface area (Å²) in [6, 6.07) is 0. The normalized spacial score (nSPS) is 10.6. The Bertz CT molecular complexity index is 455. The topological polar surface area (TPSA) is 60.6 Å². The maximum atomic E-state index is 4.25. The van der Waals surface area contributed by atoms with Gasteiger partial charge in [-0.15, -0.1) is 5.10 Å². The number of aromatic nitrogens is 5. The first-order chi connectivity index (χ1) is 7.16. The Morgan fingerprint density at radius 2 is 2.20 bits per heavy atom. The Morgan fingerprint density at radius 1 is 1.40 bits per heavy atom. The van der Waals surface area contributed by atoms with Crippen LogP contribution in [-0.4, -0.2) is 24.8 Å². The SMILES string of the molecule is Cc1nn(C)cc1NCc1cnnn1C. The van der Waals surface area contributed by atoms with E-state index in [1.54, 1.807) is 15.6 Å². The second-order valence-corrected chi connectivity index (χ2v) is 3.50. The maximum absolute atomic E-state index is 4.25. The minimum atomic E-state index is 0.704. The minimum Gasteiger partial charge on any atom is -0.377 e. The van der Waals surface area contributed by atoms with Crippen molar-refractivity contribution in [3.05, 3.63) is 23.8 Å². The second-order valence-electron chi connectivity index (χ2n) is 3.50. The van der Waals surface area contributed by atoms with Crippen LogP contribution in [0.4, 0.5) is 5.69 Å². The lowest BCUT2D eigenvalue weighted by Crippen LogP contribution is -2.05. The van der Waals surface area contributed by atoms with Gasteiger partial charge in [-0.1, -0.05) is 5.21 Å². The molecule has 0 aliphatic carbocycles. The summed E-state index contributed by atoms with van der Waals surface area (Å²) in [5.74, 6) is 0. The van der Waals surface area contributed by atoms with Gasteiger partial charge in [0.1, 0.15) is 0 Å². The van der Waals surface area contributed by atoms with E-state index in [1.807, 2.05) is 27.2 Å². The third kappa shape index (κ3) is 1.98. The first-order valence-electron chi connectivity index (χ1n) is 4.74.